The molecule has 2 heterocycles. The molecule has 2 rings (SSSR count). The molecule has 0 radical (unpaired) electrons. The predicted molar refractivity (Wildman–Crippen MR) is 71.1 cm³/mol. The fraction of sp³-hybridized carbons (Fsp3) is 0.167. The van der Waals surface area contributed by atoms with Crippen molar-refractivity contribution < 1.29 is 9.90 Å². The zero-order valence-electron chi connectivity index (χ0n) is 9.55. The zero-order valence-corrected chi connectivity index (χ0v) is 11.1. The molecule has 0 saturated heterocycles. The first-order chi connectivity index (χ1) is 8.58. The molecule has 0 fully saturated rings. The van der Waals surface area contributed by atoms with Gasteiger partial charge in [0, 0.05) is 11.1 Å². The van der Waals surface area contributed by atoms with Gasteiger partial charge in [-0.05, 0) is 25.1 Å². The summed E-state index contributed by atoms with van der Waals surface area (Å²) < 4.78 is 0.679. The third kappa shape index (κ3) is 2.80. The second-order valence-electron chi connectivity index (χ2n) is 3.73. The van der Waals surface area contributed by atoms with Crippen LogP contribution < -0.4 is 5.32 Å². The minimum Gasteiger partial charge on any atom is -0.505 e. The van der Waals surface area contributed by atoms with Crippen LogP contribution >= 0.6 is 22.9 Å². The SMILES string of the molecule is CC(NC(=O)c1ccncc1O)c1ccc(Cl)s1. The van der Waals surface area contributed by atoms with Gasteiger partial charge in [-0.25, -0.2) is 0 Å². The standard InChI is InChI=1S/C12H11ClN2O2S/c1-7(10-2-3-11(13)18-10)15-12(17)8-4-5-14-6-9(8)16/h2-7,16H,1H3,(H,15,17). The van der Waals surface area contributed by atoms with E-state index in [4.69, 9.17) is 11.6 Å². The Morgan fingerprint density at radius 3 is 2.89 bits per heavy atom. The van der Waals surface area contributed by atoms with E-state index in [0.717, 1.165) is 4.88 Å². The van der Waals surface area contributed by atoms with E-state index in [1.165, 1.54) is 29.8 Å². The Labute approximate surface area is 113 Å². The van der Waals surface area contributed by atoms with Crippen LogP contribution in [0.4, 0.5) is 0 Å². The van der Waals surface area contributed by atoms with E-state index < -0.39 is 0 Å². The number of hydrogen-bond donors (Lipinski definition) is 2. The molecular weight excluding hydrogens is 272 g/mol. The van der Waals surface area contributed by atoms with E-state index in [0.29, 0.717) is 4.34 Å². The molecule has 0 aliphatic rings. The number of amides is 1. The van der Waals surface area contributed by atoms with Gasteiger partial charge >= 0.3 is 0 Å². The fourth-order valence-corrected chi connectivity index (χ4v) is 2.55. The summed E-state index contributed by atoms with van der Waals surface area (Å²) >= 11 is 7.25. The average Bonchev–Trinajstić information content (AvgIpc) is 2.76. The lowest BCUT2D eigenvalue weighted by Gasteiger charge is -2.12. The van der Waals surface area contributed by atoms with E-state index in [9.17, 15) is 9.90 Å². The lowest BCUT2D eigenvalue weighted by Crippen LogP contribution is -2.26. The molecule has 1 amide bonds. The summed E-state index contributed by atoms with van der Waals surface area (Å²) in [6.45, 7) is 1.86. The number of nitrogens with zero attached hydrogens (tertiary/aromatic N) is 1. The third-order valence-corrected chi connectivity index (χ3v) is 3.83. The van der Waals surface area contributed by atoms with Gasteiger partial charge in [0.25, 0.3) is 5.91 Å². The molecule has 0 aromatic carbocycles. The van der Waals surface area contributed by atoms with Crippen LogP contribution in [0.1, 0.15) is 28.2 Å². The van der Waals surface area contributed by atoms with Crippen molar-refractivity contribution in [3.63, 3.8) is 0 Å². The molecule has 18 heavy (non-hydrogen) atoms. The number of pyridine rings is 1. The minimum absolute atomic E-state index is 0.133. The van der Waals surface area contributed by atoms with Crippen LogP contribution in [0, 0.1) is 0 Å². The van der Waals surface area contributed by atoms with Crippen molar-refractivity contribution >= 4 is 28.8 Å². The Kier molecular flexibility index (Phi) is 3.84. The number of aromatic nitrogens is 1. The highest BCUT2D eigenvalue weighted by molar-refractivity contribution is 7.16. The van der Waals surface area contributed by atoms with Crippen molar-refractivity contribution in [1.29, 1.82) is 0 Å². The second kappa shape index (κ2) is 5.37. The largest absolute Gasteiger partial charge is 0.505 e. The van der Waals surface area contributed by atoms with E-state index in [1.54, 1.807) is 6.07 Å². The molecule has 1 atom stereocenters. The molecule has 94 valence electrons. The van der Waals surface area contributed by atoms with Crippen molar-refractivity contribution in [3.8, 4) is 5.75 Å². The highest BCUT2D eigenvalue weighted by Crippen LogP contribution is 2.27. The first-order valence-electron chi connectivity index (χ1n) is 5.27. The van der Waals surface area contributed by atoms with Crippen LogP contribution in [-0.4, -0.2) is 16.0 Å². The van der Waals surface area contributed by atoms with Gasteiger partial charge in [-0.1, -0.05) is 11.6 Å². The van der Waals surface area contributed by atoms with Gasteiger partial charge in [0.1, 0.15) is 5.75 Å². The van der Waals surface area contributed by atoms with Gasteiger partial charge in [0.15, 0.2) is 0 Å². The van der Waals surface area contributed by atoms with Crippen molar-refractivity contribution in [2.24, 2.45) is 0 Å². The highest BCUT2D eigenvalue weighted by atomic mass is 35.5. The number of carbonyl (C=O) groups excluding carboxylic acids is 1. The molecule has 0 bridgehead atoms. The van der Waals surface area contributed by atoms with Crippen LogP contribution in [-0.2, 0) is 0 Å². The molecular formula is C12H11ClN2O2S. The Morgan fingerprint density at radius 2 is 2.28 bits per heavy atom. The molecule has 2 N–H and O–H groups in total. The van der Waals surface area contributed by atoms with Gasteiger partial charge in [-0.15, -0.1) is 11.3 Å². The molecule has 0 aliphatic heterocycles. The van der Waals surface area contributed by atoms with Gasteiger partial charge in [0.2, 0.25) is 0 Å². The number of nitrogens with one attached hydrogen (secondary N) is 1. The quantitative estimate of drug-likeness (QED) is 0.910. The summed E-state index contributed by atoms with van der Waals surface area (Å²) in [6, 6.07) is 4.96. The van der Waals surface area contributed by atoms with Gasteiger partial charge < -0.3 is 10.4 Å². The van der Waals surface area contributed by atoms with Crippen LogP contribution in [0.5, 0.6) is 5.75 Å². The normalized spacial score (nSPS) is 12.1. The number of rotatable bonds is 3. The molecule has 6 heteroatoms. The molecule has 1 unspecified atom stereocenters. The van der Waals surface area contributed by atoms with Crippen molar-refractivity contribution in [2.45, 2.75) is 13.0 Å². The van der Waals surface area contributed by atoms with Crippen molar-refractivity contribution in [3.05, 3.63) is 45.4 Å². The number of carbonyl (C=O) groups is 1. The van der Waals surface area contributed by atoms with Crippen LogP contribution in [0.3, 0.4) is 0 Å². The summed E-state index contributed by atoms with van der Waals surface area (Å²) in [7, 11) is 0. The summed E-state index contributed by atoms with van der Waals surface area (Å²) in [4.78, 5) is 16.6. The van der Waals surface area contributed by atoms with Gasteiger partial charge in [-0.2, -0.15) is 0 Å². The first-order valence-corrected chi connectivity index (χ1v) is 6.46. The molecule has 2 aromatic rings. The summed E-state index contributed by atoms with van der Waals surface area (Å²) in [6.07, 6.45) is 2.70. The molecule has 2 aromatic heterocycles. The van der Waals surface area contributed by atoms with E-state index in [2.05, 4.69) is 10.3 Å². The van der Waals surface area contributed by atoms with E-state index >= 15 is 0 Å². The van der Waals surface area contributed by atoms with Crippen molar-refractivity contribution in [1.82, 2.24) is 10.3 Å². The molecule has 0 aliphatic carbocycles. The second-order valence-corrected chi connectivity index (χ2v) is 5.48. The zero-order chi connectivity index (χ0) is 13.1. The van der Waals surface area contributed by atoms with Crippen LogP contribution in [0.15, 0.2) is 30.6 Å². The lowest BCUT2D eigenvalue weighted by atomic mass is 10.2. The summed E-state index contributed by atoms with van der Waals surface area (Å²) in [5.41, 5.74) is 0.208. The first kappa shape index (κ1) is 12.9. The smallest absolute Gasteiger partial charge is 0.255 e. The number of halogens is 1. The van der Waals surface area contributed by atoms with E-state index in [1.807, 2.05) is 13.0 Å². The summed E-state index contributed by atoms with van der Waals surface area (Å²) in [5.74, 6) is -0.474. The maximum absolute atomic E-state index is 11.9. The Balaban J connectivity index is 2.10. The maximum Gasteiger partial charge on any atom is 0.255 e. The highest BCUT2D eigenvalue weighted by Gasteiger charge is 2.15. The Bertz CT molecular complexity index is 571. The fourth-order valence-electron chi connectivity index (χ4n) is 1.48. The number of hydrogen-bond acceptors (Lipinski definition) is 4. The molecule has 0 spiro atoms. The van der Waals surface area contributed by atoms with Crippen molar-refractivity contribution in [2.75, 3.05) is 0 Å². The Morgan fingerprint density at radius 1 is 1.50 bits per heavy atom. The maximum atomic E-state index is 11.9. The van der Waals surface area contributed by atoms with Gasteiger partial charge in [0.05, 0.1) is 22.1 Å². The number of aromatic hydroxyl groups is 1. The average molecular weight is 283 g/mol. The van der Waals surface area contributed by atoms with Crippen LogP contribution in [0.2, 0.25) is 4.34 Å². The van der Waals surface area contributed by atoms with Crippen LogP contribution in [0.25, 0.3) is 0 Å². The predicted octanol–water partition coefficient (Wildman–Crippen LogP) is 2.99. The van der Waals surface area contributed by atoms with E-state index in [-0.39, 0.29) is 23.3 Å². The molecule has 0 saturated carbocycles. The summed E-state index contributed by atoms with van der Waals surface area (Å²) in [5, 5.41) is 12.3. The lowest BCUT2D eigenvalue weighted by molar-refractivity contribution is 0.0937. The monoisotopic (exact) mass is 282 g/mol. The number of thiophene rings is 1. The minimum atomic E-state index is -0.341. The molecule has 4 nitrogen and oxygen atoms in total. The topological polar surface area (TPSA) is 62.2 Å². The Hall–Kier alpha value is -1.59. The third-order valence-electron chi connectivity index (χ3n) is 2.41. The van der Waals surface area contributed by atoms with Gasteiger partial charge in [-0.3, -0.25) is 9.78 Å².